The summed E-state index contributed by atoms with van der Waals surface area (Å²) in [5.41, 5.74) is 1.60. The lowest BCUT2D eigenvalue weighted by Gasteiger charge is -2.26. The van der Waals surface area contributed by atoms with E-state index >= 15 is 0 Å². The number of amides is 3. The third-order valence-electron chi connectivity index (χ3n) is 4.79. The highest BCUT2D eigenvalue weighted by molar-refractivity contribution is 5.90. The summed E-state index contributed by atoms with van der Waals surface area (Å²) in [6.45, 7) is 2.67. The van der Waals surface area contributed by atoms with Crippen LogP contribution >= 0.6 is 0 Å². The van der Waals surface area contributed by atoms with E-state index in [2.05, 4.69) is 5.32 Å². The Hall–Kier alpha value is -1.63. The minimum absolute atomic E-state index is 0.0643. The maximum absolute atomic E-state index is 12.6. The third kappa shape index (κ3) is 7.86. The van der Waals surface area contributed by atoms with Gasteiger partial charge >= 0.3 is 0 Å². The molecule has 0 spiro atoms. The van der Waals surface area contributed by atoms with Crippen molar-refractivity contribution in [2.75, 3.05) is 13.6 Å². The predicted octanol–water partition coefficient (Wildman–Crippen LogP) is 1.99. The van der Waals surface area contributed by atoms with Crippen LogP contribution in [0.25, 0.3) is 0 Å². The molecule has 2 unspecified atom stereocenters. The second-order valence-electron chi connectivity index (χ2n) is 6.96. The summed E-state index contributed by atoms with van der Waals surface area (Å²) in [4.78, 5) is 38.5. The Morgan fingerprint density at radius 3 is 2.48 bits per heavy atom. The fraction of sp³-hybridized carbons (Fsp3) is 0.833. The second kappa shape index (κ2) is 11.8. The van der Waals surface area contributed by atoms with Gasteiger partial charge in [0.05, 0.1) is 0 Å². The van der Waals surface area contributed by atoms with Crippen molar-refractivity contribution in [3.63, 3.8) is 0 Å². The summed E-state index contributed by atoms with van der Waals surface area (Å²) in [6, 6.07) is -0.551. The Labute approximate surface area is 150 Å². The van der Waals surface area contributed by atoms with E-state index in [1.54, 1.807) is 17.4 Å². The van der Waals surface area contributed by atoms with Gasteiger partial charge in [-0.15, -0.1) is 0 Å². The smallest absolute Gasteiger partial charge is 0.244 e. The molecule has 1 heterocycles. The average molecular weight is 355 g/mol. The lowest BCUT2D eigenvalue weighted by Crippen LogP contribution is -2.49. The van der Waals surface area contributed by atoms with E-state index in [0.29, 0.717) is 19.4 Å². The van der Waals surface area contributed by atoms with Crippen molar-refractivity contribution in [1.82, 2.24) is 15.7 Å². The molecule has 1 aliphatic rings. The first-order valence-electron chi connectivity index (χ1n) is 9.47. The fourth-order valence-electron chi connectivity index (χ4n) is 3.25. The van der Waals surface area contributed by atoms with E-state index in [-0.39, 0.29) is 18.2 Å². The van der Waals surface area contributed by atoms with E-state index in [4.69, 9.17) is 5.21 Å². The van der Waals surface area contributed by atoms with Crippen LogP contribution < -0.4 is 10.8 Å². The molecular weight excluding hydrogens is 322 g/mol. The molecule has 0 radical (unpaired) electrons. The number of hydroxylamine groups is 1. The van der Waals surface area contributed by atoms with Crippen molar-refractivity contribution in [3.05, 3.63) is 0 Å². The molecule has 7 nitrogen and oxygen atoms in total. The first kappa shape index (κ1) is 21.4. The van der Waals surface area contributed by atoms with Gasteiger partial charge in [0.2, 0.25) is 17.7 Å². The molecule has 2 atom stereocenters. The topological polar surface area (TPSA) is 98.7 Å². The van der Waals surface area contributed by atoms with E-state index in [1.807, 2.05) is 6.92 Å². The SMILES string of the molecule is CCCC1NC(=O)C(CC(=O)NO)CCCCCCCCN(C)C1=O. The number of nitrogens with one attached hydrogen (secondary N) is 2. The summed E-state index contributed by atoms with van der Waals surface area (Å²) in [7, 11) is 1.78. The first-order chi connectivity index (χ1) is 12.0. The maximum Gasteiger partial charge on any atom is 0.244 e. The van der Waals surface area contributed by atoms with Crippen molar-refractivity contribution in [2.24, 2.45) is 5.92 Å². The Morgan fingerprint density at radius 2 is 1.84 bits per heavy atom. The zero-order valence-corrected chi connectivity index (χ0v) is 15.6. The Morgan fingerprint density at radius 1 is 1.20 bits per heavy atom. The highest BCUT2D eigenvalue weighted by Crippen LogP contribution is 2.17. The molecular formula is C18H33N3O4. The van der Waals surface area contributed by atoms with Crippen molar-refractivity contribution in [2.45, 2.75) is 77.2 Å². The number of hydrogen-bond acceptors (Lipinski definition) is 4. The van der Waals surface area contributed by atoms with Crippen LogP contribution in [0.2, 0.25) is 0 Å². The normalized spacial score (nSPS) is 24.4. The van der Waals surface area contributed by atoms with Gasteiger partial charge in [0.1, 0.15) is 6.04 Å². The van der Waals surface area contributed by atoms with Gasteiger partial charge < -0.3 is 10.2 Å². The Balaban J connectivity index is 2.86. The molecule has 0 saturated carbocycles. The number of likely N-dealkylation sites (N-methyl/N-ethyl adjacent to an activating group) is 1. The van der Waals surface area contributed by atoms with Crippen LogP contribution in [-0.2, 0) is 14.4 Å². The predicted molar refractivity (Wildman–Crippen MR) is 94.8 cm³/mol. The van der Waals surface area contributed by atoms with E-state index < -0.39 is 17.9 Å². The van der Waals surface area contributed by atoms with Gasteiger partial charge in [-0.3, -0.25) is 19.6 Å². The molecule has 144 valence electrons. The van der Waals surface area contributed by atoms with Gasteiger partial charge in [-0.2, -0.15) is 0 Å². The zero-order valence-electron chi connectivity index (χ0n) is 15.6. The molecule has 0 aromatic rings. The lowest BCUT2D eigenvalue weighted by molar-refractivity contribution is -0.138. The molecule has 25 heavy (non-hydrogen) atoms. The second-order valence-corrected chi connectivity index (χ2v) is 6.96. The Bertz CT molecular complexity index is 442. The molecule has 1 aliphatic heterocycles. The third-order valence-corrected chi connectivity index (χ3v) is 4.79. The van der Waals surface area contributed by atoms with Gasteiger partial charge in [0.15, 0.2) is 0 Å². The van der Waals surface area contributed by atoms with Crippen LogP contribution in [0.3, 0.4) is 0 Å². The number of carbonyl (C=O) groups is 3. The van der Waals surface area contributed by atoms with Gasteiger partial charge in [-0.25, -0.2) is 5.48 Å². The molecule has 0 bridgehead atoms. The summed E-state index contributed by atoms with van der Waals surface area (Å²) >= 11 is 0. The number of hydrogen-bond donors (Lipinski definition) is 3. The number of carbonyl (C=O) groups excluding carboxylic acids is 3. The van der Waals surface area contributed by atoms with Crippen LogP contribution in [-0.4, -0.2) is 47.5 Å². The van der Waals surface area contributed by atoms with Crippen LogP contribution in [0.5, 0.6) is 0 Å². The van der Waals surface area contributed by atoms with Crippen LogP contribution in [0.1, 0.15) is 71.1 Å². The van der Waals surface area contributed by atoms with Gasteiger partial charge in [0, 0.05) is 25.9 Å². The number of rotatable bonds is 4. The summed E-state index contributed by atoms with van der Waals surface area (Å²) in [5.74, 6) is -1.44. The van der Waals surface area contributed by atoms with Crippen molar-refractivity contribution in [1.29, 1.82) is 0 Å². The van der Waals surface area contributed by atoms with Crippen molar-refractivity contribution < 1.29 is 19.6 Å². The first-order valence-corrected chi connectivity index (χ1v) is 9.47. The molecule has 1 saturated heterocycles. The van der Waals surface area contributed by atoms with E-state index in [1.165, 1.54) is 0 Å². The average Bonchev–Trinajstić information content (AvgIpc) is 2.60. The monoisotopic (exact) mass is 355 g/mol. The zero-order chi connectivity index (χ0) is 18.7. The van der Waals surface area contributed by atoms with Gasteiger partial charge in [-0.1, -0.05) is 45.4 Å². The molecule has 3 amide bonds. The van der Waals surface area contributed by atoms with Crippen molar-refractivity contribution in [3.8, 4) is 0 Å². The molecule has 0 aromatic heterocycles. The van der Waals surface area contributed by atoms with Crippen LogP contribution in [0.4, 0.5) is 0 Å². The molecule has 0 aromatic carbocycles. The lowest BCUT2D eigenvalue weighted by atomic mass is 9.95. The summed E-state index contributed by atoms with van der Waals surface area (Å²) in [6.07, 6.45) is 8.06. The van der Waals surface area contributed by atoms with Crippen LogP contribution in [0.15, 0.2) is 0 Å². The standard InChI is InChI=1S/C18H33N3O4/c1-3-10-15-18(24)21(2)12-9-7-5-4-6-8-11-14(17(23)19-15)13-16(22)20-25/h14-15,25H,3-13H2,1-2H3,(H,19,23)(H,20,22). The van der Waals surface area contributed by atoms with Gasteiger partial charge in [0.25, 0.3) is 0 Å². The molecule has 0 aliphatic carbocycles. The molecule has 1 rings (SSSR count). The highest BCUT2D eigenvalue weighted by atomic mass is 16.5. The molecule has 3 N–H and O–H groups in total. The van der Waals surface area contributed by atoms with Crippen molar-refractivity contribution >= 4 is 17.7 Å². The van der Waals surface area contributed by atoms with E-state index in [0.717, 1.165) is 44.9 Å². The summed E-state index contributed by atoms with van der Waals surface area (Å²) in [5, 5.41) is 11.6. The van der Waals surface area contributed by atoms with E-state index in [9.17, 15) is 14.4 Å². The minimum atomic E-state index is -0.572. The largest absolute Gasteiger partial charge is 0.344 e. The summed E-state index contributed by atoms with van der Waals surface area (Å²) < 4.78 is 0. The maximum atomic E-state index is 12.6. The number of nitrogens with zero attached hydrogens (tertiary/aromatic N) is 1. The Kier molecular flexibility index (Phi) is 10.1. The minimum Gasteiger partial charge on any atom is -0.344 e. The quantitative estimate of drug-likeness (QED) is 0.530. The molecule has 1 fully saturated rings. The van der Waals surface area contributed by atoms with Gasteiger partial charge in [-0.05, 0) is 19.3 Å². The molecule has 7 heteroatoms. The highest BCUT2D eigenvalue weighted by Gasteiger charge is 2.28. The fourth-order valence-corrected chi connectivity index (χ4v) is 3.25. The van der Waals surface area contributed by atoms with Crippen LogP contribution in [0, 0.1) is 5.92 Å².